The first-order valence-electron chi connectivity index (χ1n) is 10.1. The van der Waals surface area contributed by atoms with Gasteiger partial charge < -0.3 is 9.47 Å². The summed E-state index contributed by atoms with van der Waals surface area (Å²) in [7, 11) is 0. The molecule has 1 aromatic rings. The van der Waals surface area contributed by atoms with E-state index in [1.807, 2.05) is 6.92 Å². The summed E-state index contributed by atoms with van der Waals surface area (Å²) < 4.78 is 10.6. The summed E-state index contributed by atoms with van der Waals surface area (Å²) in [5, 5.41) is 0. The average Bonchev–Trinajstić information content (AvgIpc) is 2.64. The van der Waals surface area contributed by atoms with Gasteiger partial charge in [-0.15, -0.1) is 0 Å². The third-order valence-corrected chi connectivity index (χ3v) is 4.34. The normalized spacial score (nSPS) is 11.8. The molecular formula is C22H34O4. The first kappa shape index (κ1) is 22.2. The molecule has 0 aromatic heterocycles. The summed E-state index contributed by atoms with van der Waals surface area (Å²) >= 11 is 0. The molecule has 0 aliphatic heterocycles. The average molecular weight is 363 g/mol. The van der Waals surface area contributed by atoms with Crippen molar-refractivity contribution in [2.24, 2.45) is 0 Å². The minimum absolute atomic E-state index is 0.0980. The lowest BCUT2D eigenvalue weighted by Gasteiger charge is -2.12. The van der Waals surface area contributed by atoms with Crippen LogP contribution in [0.4, 0.5) is 0 Å². The van der Waals surface area contributed by atoms with Crippen molar-refractivity contribution in [3.8, 4) is 0 Å². The van der Waals surface area contributed by atoms with Crippen LogP contribution in [0.2, 0.25) is 0 Å². The van der Waals surface area contributed by atoms with Crippen molar-refractivity contribution in [1.82, 2.24) is 0 Å². The van der Waals surface area contributed by atoms with Gasteiger partial charge in [-0.2, -0.15) is 0 Å². The molecular weight excluding hydrogens is 328 g/mol. The molecule has 1 unspecified atom stereocenters. The molecule has 4 nitrogen and oxygen atoms in total. The zero-order chi connectivity index (χ0) is 19.2. The van der Waals surface area contributed by atoms with Gasteiger partial charge in [0.1, 0.15) is 0 Å². The Morgan fingerprint density at radius 1 is 0.808 bits per heavy atom. The van der Waals surface area contributed by atoms with Gasteiger partial charge in [0.05, 0.1) is 23.8 Å². The standard InChI is InChI=1S/C22H34O4/c1-4-6-7-8-9-10-11-17-25-21(23)19-13-15-20(16-14-19)22(24)26-18(3)12-5-2/h13-16,18H,4-12,17H2,1-3H3. The topological polar surface area (TPSA) is 52.6 Å². The van der Waals surface area contributed by atoms with Crippen LogP contribution in [-0.2, 0) is 9.47 Å². The van der Waals surface area contributed by atoms with Gasteiger partial charge in [-0.25, -0.2) is 9.59 Å². The number of esters is 2. The molecule has 4 heteroatoms. The van der Waals surface area contributed by atoms with E-state index in [0.29, 0.717) is 17.7 Å². The maximum atomic E-state index is 12.0. The van der Waals surface area contributed by atoms with Crippen LogP contribution in [0.5, 0.6) is 0 Å². The van der Waals surface area contributed by atoms with E-state index in [1.165, 1.54) is 32.1 Å². The molecule has 0 bridgehead atoms. The van der Waals surface area contributed by atoms with E-state index in [2.05, 4.69) is 13.8 Å². The molecule has 0 radical (unpaired) electrons. The van der Waals surface area contributed by atoms with E-state index in [4.69, 9.17) is 9.47 Å². The quantitative estimate of drug-likeness (QED) is 0.322. The monoisotopic (exact) mass is 362 g/mol. The molecule has 0 saturated heterocycles. The Morgan fingerprint density at radius 3 is 1.92 bits per heavy atom. The van der Waals surface area contributed by atoms with Crippen LogP contribution in [0.3, 0.4) is 0 Å². The van der Waals surface area contributed by atoms with Crippen molar-refractivity contribution >= 4 is 11.9 Å². The zero-order valence-electron chi connectivity index (χ0n) is 16.6. The highest BCUT2D eigenvalue weighted by Gasteiger charge is 2.13. The first-order chi connectivity index (χ1) is 12.6. The van der Waals surface area contributed by atoms with E-state index < -0.39 is 0 Å². The van der Waals surface area contributed by atoms with Crippen molar-refractivity contribution in [2.45, 2.75) is 84.7 Å². The third-order valence-electron chi connectivity index (χ3n) is 4.34. The summed E-state index contributed by atoms with van der Waals surface area (Å²) in [5.74, 6) is -0.691. The second-order valence-corrected chi connectivity index (χ2v) is 6.84. The van der Waals surface area contributed by atoms with Crippen LogP contribution in [-0.4, -0.2) is 24.6 Å². The van der Waals surface area contributed by atoms with Gasteiger partial charge in [-0.3, -0.25) is 0 Å². The number of benzene rings is 1. The Kier molecular flexibility index (Phi) is 11.4. The Hall–Kier alpha value is -1.84. The van der Waals surface area contributed by atoms with Crippen LogP contribution in [0, 0.1) is 0 Å². The largest absolute Gasteiger partial charge is 0.462 e. The molecule has 0 heterocycles. The van der Waals surface area contributed by atoms with Gasteiger partial charge in [-0.05, 0) is 44.0 Å². The van der Waals surface area contributed by atoms with Crippen molar-refractivity contribution < 1.29 is 19.1 Å². The predicted octanol–water partition coefficient (Wildman–Crippen LogP) is 5.94. The maximum Gasteiger partial charge on any atom is 0.338 e. The van der Waals surface area contributed by atoms with Crippen molar-refractivity contribution in [1.29, 1.82) is 0 Å². The highest BCUT2D eigenvalue weighted by molar-refractivity contribution is 5.93. The lowest BCUT2D eigenvalue weighted by Crippen LogP contribution is -2.15. The number of hydrogen-bond acceptors (Lipinski definition) is 4. The Labute approximate surface area is 158 Å². The number of carbonyl (C=O) groups is 2. The lowest BCUT2D eigenvalue weighted by molar-refractivity contribution is 0.0322. The second-order valence-electron chi connectivity index (χ2n) is 6.84. The minimum Gasteiger partial charge on any atom is -0.462 e. The number of carbonyl (C=O) groups excluding carboxylic acids is 2. The number of hydrogen-bond donors (Lipinski definition) is 0. The minimum atomic E-state index is -0.353. The van der Waals surface area contributed by atoms with Crippen LogP contribution in [0.15, 0.2) is 24.3 Å². The van der Waals surface area contributed by atoms with Gasteiger partial charge >= 0.3 is 11.9 Å². The SMILES string of the molecule is CCCCCCCCCOC(=O)c1ccc(C(=O)OC(C)CCC)cc1. The summed E-state index contributed by atoms with van der Waals surface area (Å²) in [5.41, 5.74) is 0.919. The van der Waals surface area contributed by atoms with Crippen molar-refractivity contribution in [3.05, 3.63) is 35.4 Å². The van der Waals surface area contributed by atoms with E-state index in [0.717, 1.165) is 25.7 Å². The highest BCUT2D eigenvalue weighted by atomic mass is 16.5. The van der Waals surface area contributed by atoms with E-state index in [1.54, 1.807) is 24.3 Å². The number of unbranched alkanes of at least 4 members (excludes halogenated alkanes) is 6. The second kappa shape index (κ2) is 13.4. The fourth-order valence-electron chi connectivity index (χ4n) is 2.77. The summed E-state index contributed by atoms with van der Waals surface area (Å²) in [6, 6.07) is 6.47. The molecule has 26 heavy (non-hydrogen) atoms. The van der Waals surface area contributed by atoms with Crippen molar-refractivity contribution in [2.75, 3.05) is 6.61 Å². The molecule has 1 rings (SSSR count). The molecule has 0 fully saturated rings. The molecule has 1 aromatic carbocycles. The van der Waals surface area contributed by atoms with Crippen LogP contribution in [0.1, 0.15) is 99.3 Å². The van der Waals surface area contributed by atoms with Gasteiger partial charge in [-0.1, -0.05) is 58.8 Å². The molecule has 1 atom stereocenters. The smallest absolute Gasteiger partial charge is 0.338 e. The lowest BCUT2D eigenvalue weighted by atomic mass is 10.1. The Bertz CT molecular complexity index is 521. The summed E-state index contributed by atoms with van der Waals surface area (Å²) in [6.45, 7) is 6.60. The Morgan fingerprint density at radius 2 is 1.35 bits per heavy atom. The van der Waals surface area contributed by atoms with E-state index in [9.17, 15) is 9.59 Å². The molecule has 0 N–H and O–H groups in total. The van der Waals surface area contributed by atoms with Crippen LogP contribution >= 0.6 is 0 Å². The van der Waals surface area contributed by atoms with Gasteiger partial charge in [0.2, 0.25) is 0 Å². The fraction of sp³-hybridized carbons (Fsp3) is 0.636. The highest BCUT2D eigenvalue weighted by Crippen LogP contribution is 2.11. The van der Waals surface area contributed by atoms with Crippen LogP contribution < -0.4 is 0 Å². The Balaban J connectivity index is 2.29. The number of rotatable bonds is 13. The maximum absolute atomic E-state index is 12.0. The number of ether oxygens (including phenoxy) is 2. The molecule has 0 aliphatic rings. The first-order valence-corrected chi connectivity index (χ1v) is 10.1. The van der Waals surface area contributed by atoms with E-state index >= 15 is 0 Å². The fourth-order valence-corrected chi connectivity index (χ4v) is 2.77. The molecule has 0 saturated carbocycles. The van der Waals surface area contributed by atoms with E-state index in [-0.39, 0.29) is 18.0 Å². The summed E-state index contributed by atoms with van der Waals surface area (Å²) in [4.78, 5) is 24.0. The predicted molar refractivity (Wildman–Crippen MR) is 105 cm³/mol. The van der Waals surface area contributed by atoms with Crippen molar-refractivity contribution in [3.63, 3.8) is 0 Å². The zero-order valence-corrected chi connectivity index (χ0v) is 16.6. The molecule has 0 spiro atoms. The molecule has 0 amide bonds. The third kappa shape index (κ3) is 9.02. The van der Waals surface area contributed by atoms with Crippen LogP contribution in [0.25, 0.3) is 0 Å². The summed E-state index contributed by atoms with van der Waals surface area (Å²) in [6.07, 6.45) is 10.0. The van der Waals surface area contributed by atoms with Gasteiger partial charge in [0.15, 0.2) is 0 Å². The molecule has 146 valence electrons. The van der Waals surface area contributed by atoms with Gasteiger partial charge in [0.25, 0.3) is 0 Å². The molecule has 0 aliphatic carbocycles. The van der Waals surface area contributed by atoms with Gasteiger partial charge in [0, 0.05) is 0 Å².